The van der Waals surface area contributed by atoms with E-state index in [-0.39, 0.29) is 12.5 Å². The summed E-state index contributed by atoms with van der Waals surface area (Å²) in [6, 6.07) is 0. The average Bonchev–Trinajstić information content (AvgIpc) is 2.48. The van der Waals surface area contributed by atoms with E-state index in [0.29, 0.717) is 20.0 Å². The molecule has 4 N–H and O–H groups in total. The van der Waals surface area contributed by atoms with Crippen LogP contribution in [0.2, 0.25) is 0 Å². The third kappa shape index (κ3) is 1.52. The van der Waals surface area contributed by atoms with Gasteiger partial charge in [-0.3, -0.25) is 4.79 Å². The van der Waals surface area contributed by atoms with Crippen LogP contribution in [0, 0.1) is 0 Å². The van der Waals surface area contributed by atoms with Gasteiger partial charge in [0.05, 0.1) is 25.5 Å². The van der Waals surface area contributed by atoms with Crippen LogP contribution in [-0.4, -0.2) is 37.4 Å². The number of nitrogens with one attached hydrogen (secondary N) is 2. The molecule has 0 unspecified atom stereocenters. The smallest absolute Gasteiger partial charge is 0.237 e. The minimum Gasteiger partial charge on any atom is -0.368 e. The van der Waals surface area contributed by atoms with Gasteiger partial charge in [-0.1, -0.05) is 0 Å². The van der Waals surface area contributed by atoms with Crippen LogP contribution in [0.5, 0.6) is 0 Å². The molecule has 2 rings (SSSR count). The molecule has 0 aromatic rings. The number of nitrogens with two attached hydrogens (primary N) is 1. The number of primary amides is 1. The summed E-state index contributed by atoms with van der Waals surface area (Å²) in [7, 11) is 0. The van der Waals surface area contributed by atoms with Crippen LogP contribution in [0.4, 0.5) is 0 Å². The Morgan fingerprint density at radius 1 is 1.62 bits per heavy atom. The number of carbonyl (C=O) groups excluding carboxylic acids is 1. The summed E-state index contributed by atoms with van der Waals surface area (Å²) >= 11 is 0. The molecular weight excluding hydrogens is 172 g/mol. The first-order valence-electron chi connectivity index (χ1n) is 4.09. The third-order valence-electron chi connectivity index (χ3n) is 2.05. The Balaban J connectivity index is 2.07. The average molecular weight is 184 g/mol. The van der Waals surface area contributed by atoms with Crippen LogP contribution >= 0.6 is 0 Å². The van der Waals surface area contributed by atoms with Crippen molar-refractivity contribution in [3.05, 3.63) is 11.5 Å². The minimum absolute atomic E-state index is 0.233. The van der Waals surface area contributed by atoms with Crippen molar-refractivity contribution in [2.24, 2.45) is 5.73 Å². The number of carbonyl (C=O) groups is 1. The van der Waals surface area contributed by atoms with Crippen LogP contribution in [0.1, 0.15) is 0 Å². The molecule has 0 bridgehead atoms. The molecule has 0 radical (unpaired) electrons. The lowest BCUT2D eigenvalue weighted by atomic mass is 10.4. The van der Waals surface area contributed by atoms with Crippen molar-refractivity contribution < 1.29 is 9.53 Å². The highest BCUT2D eigenvalue weighted by Gasteiger charge is 2.25. The first kappa shape index (κ1) is 8.18. The lowest BCUT2D eigenvalue weighted by Gasteiger charge is -2.21. The van der Waals surface area contributed by atoms with E-state index in [9.17, 15) is 4.79 Å². The largest absolute Gasteiger partial charge is 0.368 e. The van der Waals surface area contributed by atoms with Gasteiger partial charge < -0.3 is 26.0 Å². The number of nitrogens with zero attached hydrogens (tertiary/aromatic N) is 1. The van der Waals surface area contributed by atoms with Gasteiger partial charge in [0.15, 0.2) is 0 Å². The fourth-order valence-electron chi connectivity index (χ4n) is 1.47. The highest BCUT2D eigenvalue weighted by molar-refractivity contribution is 5.76. The van der Waals surface area contributed by atoms with Gasteiger partial charge in [0.2, 0.25) is 5.91 Å². The molecule has 13 heavy (non-hydrogen) atoms. The molecular formula is C7H12N4O2. The highest BCUT2D eigenvalue weighted by Crippen LogP contribution is 2.15. The van der Waals surface area contributed by atoms with Gasteiger partial charge in [-0.15, -0.1) is 0 Å². The first-order valence-corrected chi connectivity index (χ1v) is 4.09. The van der Waals surface area contributed by atoms with Gasteiger partial charge in [-0.05, 0) is 0 Å². The van der Waals surface area contributed by atoms with E-state index in [1.807, 2.05) is 4.90 Å². The van der Waals surface area contributed by atoms with Crippen molar-refractivity contribution in [2.45, 2.75) is 0 Å². The van der Waals surface area contributed by atoms with Crippen molar-refractivity contribution >= 4 is 5.91 Å². The molecule has 0 spiro atoms. The Kier molecular flexibility index (Phi) is 1.97. The third-order valence-corrected chi connectivity index (χ3v) is 2.05. The maximum absolute atomic E-state index is 10.7. The minimum atomic E-state index is -0.332. The Morgan fingerprint density at radius 3 is 3.23 bits per heavy atom. The van der Waals surface area contributed by atoms with Gasteiger partial charge in [0, 0.05) is 0 Å². The lowest BCUT2D eigenvalue weighted by Crippen LogP contribution is -2.35. The van der Waals surface area contributed by atoms with Crippen molar-refractivity contribution in [1.29, 1.82) is 0 Å². The van der Waals surface area contributed by atoms with Crippen LogP contribution in [0.15, 0.2) is 11.5 Å². The second-order valence-electron chi connectivity index (χ2n) is 2.99. The zero-order valence-electron chi connectivity index (χ0n) is 7.17. The number of rotatable bonds is 2. The second-order valence-corrected chi connectivity index (χ2v) is 2.99. The zero-order chi connectivity index (χ0) is 9.26. The number of amides is 1. The molecule has 2 aliphatic rings. The summed E-state index contributed by atoms with van der Waals surface area (Å²) in [5.41, 5.74) is 6.08. The van der Waals surface area contributed by atoms with E-state index in [2.05, 4.69) is 10.6 Å². The molecule has 2 heterocycles. The molecule has 0 aromatic carbocycles. The Bertz CT molecular complexity index is 263. The number of ether oxygens (including phenoxy) is 1. The van der Waals surface area contributed by atoms with Crippen molar-refractivity contribution in [3.8, 4) is 0 Å². The van der Waals surface area contributed by atoms with Gasteiger partial charge in [-0.2, -0.15) is 0 Å². The quantitative estimate of drug-likeness (QED) is 0.466. The highest BCUT2D eigenvalue weighted by atomic mass is 16.5. The monoisotopic (exact) mass is 184 g/mol. The summed E-state index contributed by atoms with van der Waals surface area (Å²) in [5.74, 6) is 0.619. The normalized spacial score (nSPS) is 20.8. The van der Waals surface area contributed by atoms with Gasteiger partial charge >= 0.3 is 0 Å². The molecule has 0 fully saturated rings. The molecule has 0 saturated carbocycles. The van der Waals surface area contributed by atoms with Crippen LogP contribution < -0.4 is 16.4 Å². The molecule has 6 nitrogen and oxygen atoms in total. The summed E-state index contributed by atoms with van der Waals surface area (Å²) in [4.78, 5) is 12.6. The molecule has 0 aromatic heterocycles. The van der Waals surface area contributed by atoms with Crippen molar-refractivity contribution in [3.63, 3.8) is 0 Å². The molecule has 0 atom stereocenters. The Labute approximate surface area is 75.7 Å². The van der Waals surface area contributed by atoms with E-state index in [1.54, 1.807) is 0 Å². The Hall–Kier alpha value is -1.43. The summed E-state index contributed by atoms with van der Waals surface area (Å²) < 4.78 is 5.19. The van der Waals surface area contributed by atoms with E-state index >= 15 is 0 Å². The van der Waals surface area contributed by atoms with Crippen LogP contribution in [0.3, 0.4) is 0 Å². The molecule has 6 heteroatoms. The predicted octanol–water partition coefficient (Wildman–Crippen LogP) is -1.92. The predicted molar refractivity (Wildman–Crippen MR) is 44.9 cm³/mol. The topological polar surface area (TPSA) is 79.6 Å². The van der Waals surface area contributed by atoms with Crippen LogP contribution in [-0.2, 0) is 9.53 Å². The van der Waals surface area contributed by atoms with Gasteiger partial charge in [0.1, 0.15) is 12.6 Å². The molecule has 1 amide bonds. The molecule has 0 aliphatic carbocycles. The second kappa shape index (κ2) is 3.14. The molecule has 0 saturated heterocycles. The van der Waals surface area contributed by atoms with Crippen molar-refractivity contribution in [2.75, 3.05) is 26.6 Å². The standard InChI is InChI=1S/C7H12N4O2/c8-6(12)1-11-3-9-7-5(11)2-13-4-10-7/h9-10H,1-4H2,(H2,8,12). The molecule has 2 aliphatic heterocycles. The van der Waals surface area contributed by atoms with Crippen LogP contribution in [0.25, 0.3) is 0 Å². The maximum atomic E-state index is 10.7. The van der Waals surface area contributed by atoms with E-state index in [1.165, 1.54) is 0 Å². The molecule has 72 valence electrons. The van der Waals surface area contributed by atoms with Gasteiger partial charge in [-0.25, -0.2) is 0 Å². The maximum Gasteiger partial charge on any atom is 0.237 e. The first-order chi connectivity index (χ1) is 6.27. The zero-order valence-corrected chi connectivity index (χ0v) is 7.17. The van der Waals surface area contributed by atoms with E-state index < -0.39 is 0 Å². The SMILES string of the molecule is NC(=O)CN1CNC2=C1COCN2. The van der Waals surface area contributed by atoms with Crippen molar-refractivity contribution in [1.82, 2.24) is 15.5 Å². The fraction of sp³-hybridized carbons (Fsp3) is 0.571. The van der Waals surface area contributed by atoms with Gasteiger partial charge in [0.25, 0.3) is 0 Å². The Morgan fingerprint density at radius 2 is 2.46 bits per heavy atom. The summed E-state index contributed by atoms with van der Waals surface area (Å²) in [6.07, 6.45) is 0. The van der Waals surface area contributed by atoms with E-state index in [4.69, 9.17) is 10.5 Å². The van der Waals surface area contributed by atoms with E-state index in [0.717, 1.165) is 11.5 Å². The fourth-order valence-corrected chi connectivity index (χ4v) is 1.47. The summed E-state index contributed by atoms with van der Waals surface area (Å²) in [6.45, 7) is 1.89. The lowest BCUT2D eigenvalue weighted by molar-refractivity contribution is -0.118. The number of hydrogen-bond acceptors (Lipinski definition) is 5. The summed E-state index contributed by atoms with van der Waals surface area (Å²) in [5, 5.41) is 6.16. The number of hydrogen-bond donors (Lipinski definition) is 3.